The fourth-order valence-corrected chi connectivity index (χ4v) is 5.94. The first-order valence-corrected chi connectivity index (χ1v) is 15.3. The zero-order valence-electron chi connectivity index (χ0n) is 25.7. The largest absolute Gasteiger partial charge is 0.573 e. The average Bonchev–Trinajstić information content (AvgIpc) is 3.03. The van der Waals surface area contributed by atoms with E-state index in [2.05, 4.69) is 4.74 Å². The number of allylic oxidation sites excluding steroid dienone is 2. The van der Waals surface area contributed by atoms with Crippen molar-refractivity contribution in [2.45, 2.75) is 69.9 Å². The summed E-state index contributed by atoms with van der Waals surface area (Å²) in [6.45, 7) is 1.92. The Kier molecular flexibility index (Phi) is 10.6. The van der Waals surface area contributed by atoms with Gasteiger partial charge in [-0.2, -0.15) is 8.78 Å². The maximum absolute atomic E-state index is 15.3. The number of halogens is 9. The third-order valence-corrected chi connectivity index (χ3v) is 8.39. The third-order valence-electron chi connectivity index (χ3n) is 8.39. The highest BCUT2D eigenvalue weighted by Gasteiger charge is 2.38. The Morgan fingerprint density at radius 2 is 1.27 bits per heavy atom. The second kappa shape index (κ2) is 14.5. The molecule has 2 nitrogen and oxygen atoms in total. The molecule has 11 heteroatoms. The maximum Gasteiger partial charge on any atom is 0.573 e. The molecule has 1 aliphatic carbocycles. The fraction of sp³-hybridized carbons (Fsp3) is 0.297. The molecule has 0 amide bonds. The van der Waals surface area contributed by atoms with Crippen molar-refractivity contribution in [3.8, 4) is 28.0 Å². The Morgan fingerprint density at radius 1 is 0.688 bits per heavy atom. The zero-order valence-corrected chi connectivity index (χ0v) is 25.7. The first kappa shape index (κ1) is 35.1. The summed E-state index contributed by atoms with van der Waals surface area (Å²) in [6, 6.07) is 15.0. The Labute approximate surface area is 271 Å². The topological polar surface area (TPSA) is 18.5 Å². The van der Waals surface area contributed by atoms with Crippen LogP contribution in [-0.4, -0.2) is 12.5 Å². The van der Waals surface area contributed by atoms with Crippen molar-refractivity contribution < 1.29 is 49.0 Å². The lowest BCUT2D eigenvalue weighted by molar-refractivity contribution is -0.277. The second-order valence-corrected chi connectivity index (χ2v) is 11.7. The standard InChI is InChI=1S/C37H31F9O2/c1-2-3-4-5-22-6-12-27(13-7-22)36(42,43)47-28-14-8-23(9-15-28)24-10-16-29(31(38)18-24)25-11-17-30(32(39)19-25)26-20-33(40)35(34(41)21-26)48-37(44,45)46/h2-3,6-7,10-13,16-21,23,28H,4-5,8-9,14-15H2,1H3. The monoisotopic (exact) mass is 678 g/mol. The summed E-state index contributed by atoms with van der Waals surface area (Å²) < 4.78 is 134. The minimum absolute atomic E-state index is 0.0417. The van der Waals surface area contributed by atoms with Gasteiger partial charge in [-0.15, -0.1) is 13.2 Å². The van der Waals surface area contributed by atoms with Gasteiger partial charge in [0.1, 0.15) is 11.6 Å². The quantitative estimate of drug-likeness (QED) is 0.123. The van der Waals surface area contributed by atoms with Crippen LogP contribution in [0.4, 0.5) is 39.5 Å². The van der Waals surface area contributed by atoms with Gasteiger partial charge in [-0.25, -0.2) is 17.6 Å². The van der Waals surface area contributed by atoms with Crippen LogP contribution in [0.25, 0.3) is 22.3 Å². The van der Waals surface area contributed by atoms with E-state index in [9.17, 15) is 30.7 Å². The van der Waals surface area contributed by atoms with Crippen molar-refractivity contribution in [3.63, 3.8) is 0 Å². The molecule has 0 bridgehead atoms. The normalized spacial score (nSPS) is 17.2. The molecule has 0 aliphatic heterocycles. The molecule has 1 saturated carbocycles. The lowest BCUT2D eigenvalue weighted by Crippen LogP contribution is -2.29. The molecule has 0 aromatic heterocycles. The number of hydrogen-bond donors (Lipinski definition) is 0. The van der Waals surface area contributed by atoms with E-state index >= 15 is 8.78 Å². The molecule has 0 atom stereocenters. The van der Waals surface area contributed by atoms with Gasteiger partial charge in [0.05, 0.1) is 11.7 Å². The van der Waals surface area contributed by atoms with Crippen LogP contribution in [0.2, 0.25) is 0 Å². The Morgan fingerprint density at radius 3 is 1.85 bits per heavy atom. The smallest absolute Gasteiger partial charge is 0.399 e. The van der Waals surface area contributed by atoms with Gasteiger partial charge in [0, 0.05) is 11.1 Å². The van der Waals surface area contributed by atoms with Crippen molar-refractivity contribution in [2.75, 3.05) is 0 Å². The Balaban J connectivity index is 1.22. The van der Waals surface area contributed by atoms with E-state index in [1.54, 1.807) is 18.2 Å². The second-order valence-electron chi connectivity index (χ2n) is 11.7. The minimum Gasteiger partial charge on any atom is -0.399 e. The molecule has 0 spiro atoms. The van der Waals surface area contributed by atoms with Crippen LogP contribution in [0, 0.1) is 23.3 Å². The summed E-state index contributed by atoms with van der Waals surface area (Å²) in [4.78, 5) is 0. The SMILES string of the molecule is CC=CCCc1ccc(C(F)(F)OC2CCC(c3ccc(-c4ccc(-c5cc(F)c(OC(F)(F)F)c(F)c5)c(F)c4)c(F)c3)CC2)cc1. The molecule has 5 rings (SSSR count). The van der Waals surface area contributed by atoms with Gasteiger partial charge in [-0.1, -0.05) is 60.7 Å². The summed E-state index contributed by atoms with van der Waals surface area (Å²) in [5.41, 5.74) is 0.838. The lowest BCUT2D eigenvalue weighted by Gasteiger charge is -2.31. The van der Waals surface area contributed by atoms with Gasteiger partial charge >= 0.3 is 12.5 Å². The third kappa shape index (κ3) is 8.42. The molecule has 254 valence electrons. The van der Waals surface area contributed by atoms with Gasteiger partial charge in [0.25, 0.3) is 0 Å². The van der Waals surface area contributed by atoms with E-state index in [-0.39, 0.29) is 33.7 Å². The number of hydrogen-bond acceptors (Lipinski definition) is 2. The van der Waals surface area contributed by atoms with E-state index < -0.39 is 47.6 Å². The molecule has 4 aromatic rings. The Bertz CT molecular complexity index is 1730. The van der Waals surface area contributed by atoms with Crippen LogP contribution in [0.1, 0.15) is 61.6 Å². The number of aryl methyl sites for hydroxylation is 1. The highest BCUT2D eigenvalue weighted by atomic mass is 19.4. The van der Waals surface area contributed by atoms with Crippen molar-refractivity contribution in [1.82, 2.24) is 0 Å². The van der Waals surface area contributed by atoms with E-state index in [0.29, 0.717) is 43.4 Å². The molecule has 0 heterocycles. The molecule has 1 aliphatic rings. The molecule has 0 saturated heterocycles. The number of ether oxygens (including phenoxy) is 2. The zero-order chi connectivity index (χ0) is 34.6. The Hall–Kier alpha value is -4.25. The van der Waals surface area contributed by atoms with Crippen molar-refractivity contribution >= 4 is 0 Å². The van der Waals surface area contributed by atoms with Crippen molar-refractivity contribution in [3.05, 3.63) is 125 Å². The fourth-order valence-electron chi connectivity index (χ4n) is 5.94. The van der Waals surface area contributed by atoms with E-state index in [1.807, 2.05) is 19.1 Å². The predicted molar refractivity (Wildman–Crippen MR) is 163 cm³/mol. The lowest BCUT2D eigenvalue weighted by atomic mass is 9.82. The van der Waals surface area contributed by atoms with Crippen molar-refractivity contribution in [2.24, 2.45) is 0 Å². The number of benzene rings is 4. The minimum atomic E-state index is -5.33. The molecular weight excluding hydrogens is 647 g/mol. The average molecular weight is 679 g/mol. The molecule has 48 heavy (non-hydrogen) atoms. The molecule has 0 N–H and O–H groups in total. The van der Waals surface area contributed by atoms with Crippen LogP contribution in [-0.2, 0) is 17.3 Å². The highest BCUT2D eigenvalue weighted by molar-refractivity contribution is 5.72. The van der Waals surface area contributed by atoms with Crippen LogP contribution in [0.3, 0.4) is 0 Å². The molecule has 1 fully saturated rings. The van der Waals surface area contributed by atoms with Crippen LogP contribution < -0.4 is 4.74 Å². The summed E-state index contributed by atoms with van der Waals surface area (Å²) in [6.07, 6.45) is -2.25. The first-order chi connectivity index (χ1) is 22.7. The molecule has 0 radical (unpaired) electrons. The van der Waals surface area contributed by atoms with Crippen molar-refractivity contribution in [1.29, 1.82) is 0 Å². The predicted octanol–water partition coefficient (Wildman–Crippen LogP) is 11.8. The summed E-state index contributed by atoms with van der Waals surface area (Å²) in [7, 11) is 0. The van der Waals surface area contributed by atoms with Crippen LogP contribution in [0.5, 0.6) is 5.75 Å². The highest BCUT2D eigenvalue weighted by Crippen LogP contribution is 2.40. The van der Waals surface area contributed by atoms with Crippen LogP contribution in [0.15, 0.2) is 84.9 Å². The van der Waals surface area contributed by atoms with Gasteiger partial charge in [0.2, 0.25) is 5.75 Å². The summed E-state index contributed by atoms with van der Waals surface area (Å²) >= 11 is 0. The maximum atomic E-state index is 15.3. The summed E-state index contributed by atoms with van der Waals surface area (Å²) in [5.74, 6) is -6.78. The number of alkyl halides is 5. The van der Waals surface area contributed by atoms with Gasteiger partial charge in [-0.05, 0) is 97.9 Å². The van der Waals surface area contributed by atoms with E-state index in [0.717, 1.165) is 30.5 Å². The molecule has 0 unspecified atom stereocenters. The van der Waals surface area contributed by atoms with E-state index in [1.165, 1.54) is 30.3 Å². The molecule has 4 aromatic carbocycles. The van der Waals surface area contributed by atoms with Gasteiger partial charge < -0.3 is 9.47 Å². The first-order valence-electron chi connectivity index (χ1n) is 15.3. The number of rotatable bonds is 10. The van der Waals surface area contributed by atoms with E-state index in [4.69, 9.17) is 4.74 Å². The van der Waals surface area contributed by atoms with Crippen LogP contribution >= 0.6 is 0 Å². The van der Waals surface area contributed by atoms with Gasteiger partial charge in [-0.3, -0.25) is 0 Å². The molecular formula is C37H31F9O2. The summed E-state index contributed by atoms with van der Waals surface area (Å²) in [5, 5.41) is 0. The van der Waals surface area contributed by atoms with Gasteiger partial charge in [0.15, 0.2) is 11.6 Å².